The molecule has 2 aromatic rings. The van der Waals surface area contributed by atoms with Gasteiger partial charge in [0.15, 0.2) is 0 Å². The van der Waals surface area contributed by atoms with Gasteiger partial charge in [-0.3, -0.25) is 9.59 Å². The zero-order valence-corrected chi connectivity index (χ0v) is 20.2. The molecule has 33 heavy (non-hydrogen) atoms. The minimum atomic E-state index is -0.125. The van der Waals surface area contributed by atoms with Crippen molar-refractivity contribution in [2.24, 2.45) is 5.92 Å². The molecular weight excluding hydrogens is 410 g/mol. The number of amides is 2. The van der Waals surface area contributed by atoms with Gasteiger partial charge in [-0.25, -0.2) is 0 Å². The van der Waals surface area contributed by atoms with Gasteiger partial charge in [0.05, 0.1) is 5.92 Å². The van der Waals surface area contributed by atoms with E-state index in [0.29, 0.717) is 12.6 Å². The number of hydrogen-bond acceptors (Lipinski definition) is 3. The van der Waals surface area contributed by atoms with Crippen LogP contribution in [0, 0.1) is 5.92 Å². The van der Waals surface area contributed by atoms with Crippen molar-refractivity contribution >= 4 is 23.2 Å². The lowest BCUT2D eigenvalue weighted by atomic mass is 9.94. The van der Waals surface area contributed by atoms with Crippen LogP contribution in [-0.4, -0.2) is 36.9 Å². The smallest absolute Gasteiger partial charge is 0.230 e. The summed E-state index contributed by atoms with van der Waals surface area (Å²) in [5, 5.41) is 3.14. The van der Waals surface area contributed by atoms with Gasteiger partial charge in [-0.05, 0) is 61.4 Å². The Morgan fingerprint density at radius 2 is 1.70 bits per heavy atom. The first-order valence-corrected chi connectivity index (χ1v) is 12.4. The summed E-state index contributed by atoms with van der Waals surface area (Å²) in [5.41, 5.74) is 4.07. The fourth-order valence-electron chi connectivity index (χ4n) is 5.05. The van der Waals surface area contributed by atoms with Crippen LogP contribution in [0.1, 0.15) is 68.9 Å². The molecule has 0 aromatic heterocycles. The van der Waals surface area contributed by atoms with Gasteiger partial charge in [-0.2, -0.15) is 0 Å². The Labute approximate surface area is 198 Å². The monoisotopic (exact) mass is 447 g/mol. The highest BCUT2D eigenvalue weighted by atomic mass is 16.2. The van der Waals surface area contributed by atoms with Crippen molar-refractivity contribution in [3.05, 3.63) is 59.7 Å². The first-order chi connectivity index (χ1) is 16.0. The van der Waals surface area contributed by atoms with Crippen molar-refractivity contribution < 1.29 is 9.59 Å². The van der Waals surface area contributed by atoms with E-state index in [1.54, 1.807) is 0 Å². The van der Waals surface area contributed by atoms with E-state index in [0.717, 1.165) is 67.4 Å². The number of hydrogen-bond donors (Lipinski definition) is 1. The van der Waals surface area contributed by atoms with E-state index in [2.05, 4.69) is 46.3 Å². The van der Waals surface area contributed by atoms with E-state index < -0.39 is 0 Å². The Morgan fingerprint density at radius 1 is 1.00 bits per heavy atom. The lowest BCUT2D eigenvalue weighted by molar-refractivity contribution is -0.134. The summed E-state index contributed by atoms with van der Waals surface area (Å²) >= 11 is 0. The molecule has 4 rings (SSSR count). The number of carbonyl (C=O) groups excluding carboxylic acids is 2. The van der Waals surface area contributed by atoms with Crippen LogP contribution in [0.25, 0.3) is 0 Å². The highest BCUT2D eigenvalue weighted by Gasteiger charge is 2.36. The summed E-state index contributed by atoms with van der Waals surface area (Å²) < 4.78 is 0. The standard InChI is InChI=1S/C28H37N3O2/c1-4-25(20-10-6-5-7-11-20)28(33)31(24-15-16-24)19-22-18-23(14-17-26(22)30(2)3)29-27(32)21-12-8-9-13-21/h5-7,10-11,14,17-18,21,24-25H,4,8-9,12-13,15-16,19H2,1-3H3,(H,29,32)/t25-/m1/s1. The first-order valence-electron chi connectivity index (χ1n) is 12.4. The second-order valence-corrected chi connectivity index (χ2v) is 9.78. The average Bonchev–Trinajstić information content (AvgIpc) is 3.50. The third kappa shape index (κ3) is 5.58. The molecule has 0 bridgehead atoms. The lowest BCUT2D eigenvalue weighted by Gasteiger charge is -2.29. The van der Waals surface area contributed by atoms with Crippen LogP contribution in [0.3, 0.4) is 0 Å². The maximum absolute atomic E-state index is 13.7. The Balaban J connectivity index is 1.57. The summed E-state index contributed by atoms with van der Waals surface area (Å²) in [6.07, 6.45) is 7.15. The van der Waals surface area contributed by atoms with Gasteiger partial charge >= 0.3 is 0 Å². The van der Waals surface area contributed by atoms with E-state index in [1.165, 1.54) is 0 Å². The molecule has 2 aromatic carbocycles. The third-order valence-electron chi connectivity index (χ3n) is 7.07. The normalized spacial score (nSPS) is 16.9. The van der Waals surface area contributed by atoms with Crippen LogP contribution in [0.5, 0.6) is 0 Å². The van der Waals surface area contributed by atoms with Crippen molar-refractivity contribution in [1.82, 2.24) is 4.90 Å². The fourth-order valence-corrected chi connectivity index (χ4v) is 5.05. The van der Waals surface area contributed by atoms with Gasteiger partial charge in [0.1, 0.15) is 0 Å². The molecule has 5 heteroatoms. The zero-order valence-electron chi connectivity index (χ0n) is 20.2. The molecular formula is C28H37N3O2. The SMILES string of the molecule is CC[C@@H](C(=O)N(Cc1cc(NC(=O)C2CCCC2)ccc1N(C)C)C1CC1)c1ccccc1. The number of anilines is 2. The molecule has 2 saturated carbocycles. The van der Waals surface area contributed by atoms with Crippen molar-refractivity contribution in [1.29, 1.82) is 0 Å². The van der Waals surface area contributed by atoms with Gasteiger partial charge < -0.3 is 15.1 Å². The molecule has 0 radical (unpaired) electrons. The topological polar surface area (TPSA) is 52.7 Å². The third-order valence-corrected chi connectivity index (χ3v) is 7.07. The predicted octanol–water partition coefficient (Wildman–Crippen LogP) is 5.57. The molecule has 1 atom stereocenters. The molecule has 0 heterocycles. The van der Waals surface area contributed by atoms with Gasteiger partial charge in [0, 0.05) is 44.0 Å². The minimum Gasteiger partial charge on any atom is -0.377 e. The largest absolute Gasteiger partial charge is 0.377 e. The van der Waals surface area contributed by atoms with E-state index in [9.17, 15) is 9.59 Å². The van der Waals surface area contributed by atoms with E-state index in [-0.39, 0.29) is 23.7 Å². The highest BCUT2D eigenvalue weighted by Crippen LogP contribution is 2.35. The molecule has 1 N–H and O–H groups in total. The summed E-state index contributed by atoms with van der Waals surface area (Å²) in [7, 11) is 4.05. The molecule has 0 aliphatic heterocycles. The Kier molecular flexibility index (Phi) is 7.36. The summed E-state index contributed by atoms with van der Waals surface area (Å²) in [6, 6.07) is 16.5. The molecule has 2 aliphatic rings. The number of carbonyl (C=O) groups is 2. The second-order valence-electron chi connectivity index (χ2n) is 9.78. The van der Waals surface area contributed by atoms with Crippen LogP contribution in [0.15, 0.2) is 48.5 Å². The lowest BCUT2D eigenvalue weighted by Crippen LogP contribution is -2.36. The van der Waals surface area contributed by atoms with Gasteiger partial charge in [0.2, 0.25) is 11.8 Å². The van der Waals surface area contributed by atoms with Crippen molar-refractivity contribution in [2.45, 2.75) is 70.4 Å². The Morgan fingerprint density at radius 3 is 2.30 bits per heavy atom. The summed E-state index contributed by atoms with van der Waals surface area (Å²) in [4.78, 5) is 30.6. The molecule has 0 saturated heterocycles. The molecule has 0 unspecified atom stereocenters. The molecule has 176 valence electrons. The van der Waals surface area contributed by atoms with Crippen molar-refractivity contribution in [3.63, 3.8) is 0 Å². The van der Waals surface area contributed by atoms with Crippen LogP contribution < -0.4 is 10.2 Å². The minimum absolute atomic E-state index is 0.125. The highest BCUT2D eigenvalue weighted by molar-refractivity contribution is 5.93. The van der Waals surface area contributed by atoms with Crippen molar-refractivity contribution in [3.8, 4) is 0 Å². The number of nitrogens with one attached hydrogen (secondary N) is 1. The van der Waals surface area contributed by atoms with Gasteiger partial charge in [-0.15, -0.1) is 0 Å². The molecule has 2 fully saturated rings. The molecule has 2 amide bonds. The molecule has 0 spiro atoms. The van der Waals surface area contributed by atoms with Crippen molar-refractivity contribution in [2.75, 3.05) is 24.3 Å². The maximum atomic E-state index is 13.7. The zero-order chi connectivity index (χ0) is 23.4. The van der Waals surface area contributed by atoms with E-state index in [4.69, 9.17) is 0 Å². The van der Waals surface area contributed by atoms with Crippen LogP contribution in [-0.2, 0) is 16.1 Å². The molecule has 2 aliphatic carbocycles. The van der Waals surface area contributed by atoms with Gasteiger partial charge in [0.25, 0.3) is 0 Å². The molecule has 5 nitrogen and oxygen atoms in total. The Bertz CT molecular complexity index is 962. The predicted molar refractivity (Wildman–Crippen MR) is 134 cm³/mol. The first kappa shape index (κ1) is 23.3. The maximum Gasteiger partial charge on any atom is 0.230 e. The van der Waals surface area contributed by atoms with Crippen LogP contribution >= 0.6 is 0 Å². The van der Waals surface area contributed by atoms with E-state index in [1.807, 2.05) is 38.4 Å². The number of nitrogens with zero attached hydrogens (tertiary/aromatic N) is 2. The number of rotatable bonds is 9. The fraction of sp³-hybridized carbons (Fsp3) is 0.500. The van der Waals surface area contributed by atoms with Gasteiger partial charge in [-0.1, -0.05) is 50.1 Å². The average molecular weight is 448 g/mol. The Hall–Kier alpha value is -2.82. The van der Waals surface area contributed by atoms with E-state index >= 15 is 0 Å². The summed E-state index contributed by atoms with van der Waals surface area (Å²) in [5.74, 6) is 0.333. The quantitative estimate of drug-likeness (QED) is 0.547. The second kappa shape index (κ2) is 10.4. The summed E-state index contributed by atoms with van der Waals surface area (Å²) in [6.45, 7) is 2.65. The number of benzene rings is 2. The van der Waals surface area contributed by atoms with Crippen LogP contribution in [0.2, 0.25) is 0 Å². The van der Waals surface area contributed by atoms with Crippen LogP contribution in [0.4, 0.5) is 11.4 Å².